The van der Waals surface area contributed by atoms with Crippen LogP contribution < -0.4 is 21.7 Å². The molecule has 35 heavy (non-hydrogen) atoms. The van der Waals surface area contributed by atoms with Gasteiger partial charge in [-0.25, -0.2) is 4.79 Å². The number of anilines is 1. The fraction of sp³-hybridized carbons (Fsp3) is 0.391. The molecule has 3 atom stereocenters. The standard InChI is InChI=1S/C23H29N5O4S3/c1-33-13-19(29)28-9-8-17(27-23(32)25-14-5-3-6-15(11-14)34-2)20(28)22(31)26-18(21(24)30)12-16-7-4-10-35-16/h3-7,10-11,17-18,20H,8-9,12-13H2,1-2H3,(H2,24,30)(H,26,31)(H2,25,27,32). The first-order chi connectivity index (χ1) is 16.8. The zero-order valence-corrected chi connectivity index (χ0v) is 21.9. The molecular weight excluding hydrogens is 506 g/mol. The molecule has 0 spiro atoms. The number of carbonyl (C=O) groups is 4. The molecule has 0 aliphatic carbocycles. The van der Waals surface area contributed by atoms with Crippen molar-refractivity contribution in [3.8, 4) is 0 Å². The number of likely N-dealkylation sites (tertiary alicyclic amines) is 1. The van der Waals surface area contributed by atoms with Gasteiger partial charge in [0.1, 0.15) is 12.1 Å². The number of nitrogens with zero attached hydrogens (tertiary/aromatic N) is 1. The number of primary amides is 1. The van der Waals surface area contributed by atoms with Crippen molar-refractivity contribution < 1.29 is 19.2 Å². The summed E-state index contributed by atoms with van der Waals surface area (Å²) in [7, 11) is 0. The van der Waals surface area contributed by atoms with Gasteiger partial charge in [-0.2, -0.15) is 11.8 Å². The second kappa shape index (κ2) is 12.8. The van der Waals surface area contributed by atoms with Crippen LogP contribution in [0.3, 0.4) is 0 Å². The van der Waals surface area contributed by atoms with Crippen LogP contribution in [0.2, 0.25) is 0 Å². The maximum Gasteiger partial charge on any atom is 0.319 e. The minimum Gasteiger partial charge on any atom is -0.368 e. The van der Waals surface area contributed by atoms with Gasteiger partial charge in [-0.15, -0.1) is 23.1 Å². The van der Waals surface area contributed by atoms with Gasteiger partial charge in [-0.05, 0) is 48.6 Å². The van der Waals surface area contributed by atoms with Gasteiger partial charge >= 0.3 is 6.03 Å². The van der Waals surface area contributed by atoms with Crippen molar-refractivity contribution in [3.05, 3.63) is 46.7 Å². The Labute approximate surface area is 217 Å². The van der Waals surface area contributed by atoms with E-state index in [1.165, 1.54) is 28.0 Å². The number of thiophene rings is 1. The molecule has 9 nitrogen and oxygen atoms in total. The van der Waals surface area contributed by atoms with Crippen LogP contribution >= 0.6 is 34.9 Å². The lowest BCUT2D eigenvalue weighted by atomic mass is 10.1. The van der Waals surface area contributed by atoms with Gasteiger partial charge in [-0.1, -0.05) is 12.1 Å². The van der Waals surface area contributed by atoms with Crippen LogP contribution in [0, 0.1) is 0 Å². The molecule has 1 aromatic carbocycles. The molecule has 188 valence electrons. The zero-order valence-electron chi connectivity index (χ0n) is 19.5. The molecule has 2 aromatic rings. The number of benzene rings is 1. The highest BCUT2D eigenvalue weighted by Gasteiger charge is 2.43. The summed E-state index contributed by atoms with van der Waals surface area (Å²) in [6.45, 7) is 0.316. The van der Waals surface area contributed by atoms with E-state index in [4.69, 9.17) is 5.73 Å². The lowest BCUT2D eigenvalue weighted by Gasteiger charge is -2.29. The number of rotatable bonds is 10. The maximum absolute atomic E-state index is 13.4. The molecular formula is C23H29N5O4S3. The molecule has 1 fully saturated rings. The topological polar surface area (TPSA) is 134 Å². The molecule has 1 aliphatic heterocycles. The average Bonchev–Trinajstić information content (AvgIpc) is 3.48. The predicted octanol–water partition coefficient (Wildman–Crippen LogP) is 2.14. The number of hydrogen-bond acceptors (Lipinski definition) is 7. The van der Waals surface area contributed by atoms with Crippen LogP contribution in [0.25, 0.3) is 0 Å². The second-order valence-corrected chi connectivity index (χ2v) is 10.7. The summed E-state index contributed by atoms with van der Waals surface area (Å²) in [5.41, 5.74) is 6.17. The van der Waals surface area contributed by atoms with Crippen LogP contribution in [0.4, 0.5) is 10.5 Å². The third kappa shape index (κ3) is 7.39. The molecule has 0 bridgehead atoms. The highest BCUT2D eigenvalue weighted by atomic mass is 32.2. The number of thioether (sulfide) groups is 2. The van der Waals surface area contributed by atoms with E-state index in [-0.39, 0.29) is 18.1 Å². The van der Waals surface area contributed by atoms with E-state index in [1.807, 2.05) is 42.0 Å². The van der Waals surface area contributed by atoms with Gasteiger partial charge < -0.3 is 26.6 Å². The molecule has 12 heteroatoms. The Morgan fingerprint density at radius 3 is 2.66 bits per heavy atom. The number of nitrogens with one attached hydrogen (secondary N) is 3. The van der Waals surface area contributed by atoms with Crippen LogP contribution in [0.1, 0.15) is 11.3 Å². The first-order valence-corrected chi connectivity index (χ1v) is 14.4. The molecule has 1 aliphatic rings. The van der Waals surface area contributed by atoms with E-state index < -0.39 is 36.0 Å². The maximum atomic E-state index is 13.4. The van der Waals surface area contributed by atoms with Crippen molar-refractivity contribution in [1.29, 1.82) is 0 Å². The van der Waals surface area contributed by atoms with Crippen molar-refractivity contribution in [2.75, 3.05) is 30.1 Å². The smallest absolute Gasteiger partial charge is 0.319 e. The first kappa shape index (κ1) is 26.9. The molecule has 3 rings (SSSR count). The largest absolute Gasteiger partial charge is 0.368 e. The van der Waals surface area contributed by atoms with Crippen molar-refractivity contribution in [1.82, 2.24) is 15.5 Å². The first-order valence-electron chi connectivity index (χ1n) is 10.9. The van der Waals surface area contributed by atoms with Crippen LogP contribution in [0.5, 0.6) is 0 Å². The second-order valence-electron chi connectivity index (χ2n) is 7.94. The van der Waals surface area contributed by atoms with E-state index in [0.717, 1.165) is 9.77 Å². The van der Waals surface area contributed by atoms with Gasteiger partial charge in [0.2, 0.25) is 17.7 Å². The normalized spacial score (nSPS) is 18.1. The number of carbonyl (C=O) groups excluding carboxylic acids is 4. The monoisotopic (exact) mass is 535 g/mol. The van der Waals surface area contributed by atoms with Gasteiger partial charge in [0.05, 0.1) is 11.8 Å². The van der Waals surface area contributed by atoms with Gasteiger partial charge in [0.25, 0.3) is 0 Å². The summed E-state index contributed by atoms with van der Waals surface area (Å²) in [4.78, 5) is 54.2. The molecule has 1 aromatic heterocycles. The molecule has 2 heterocycles. The SMILES string of the molecule is CSCC(=O)N1CCC(NC(=O)Nc2cccc(SC)c2)C1C(=O)NC(Cc1cccs1)C(N)=O. The quantitative estimate of drug-likeness (QED) is 0.345. The van der Waals surface area contributed by atoms with Crippen molar-refractivity contribution in [3.63, 3.8) is 0 Å². The Morgan fingerprint density at radius 2 is 2.00 bits per heavy atom. The molecule has 0 saturated carbocycles. The summed E-state index contributed by atoms with van der Waals surface area (Å²) in [5, 5.41) is 10.2. The zero-order chi connectivity index (χ0) is 25.4. The van der Waals surface area contributed by atoms with Gasteiger partial charge in [-0.3, -0.25) is 14.4 Å². The lowest BCUT2D eigenvalue weighted by Crippen LogP contribution is -2.58. The number of nitrogens with two attached hydrogens (primary N) is 1. The predicted molar refractivity (Wildman–Crippen MR) is 142 cm³/mol. The van der Waals surface area contributed by atoms with Gasteiger partial charge in [0, 0.05) is 28.4 Å². The Bertz CT molecular complexity index is 1050. The van der Waals surface area contributed by atoms with E-state index in [0.29, 0.717) is 18.7 Å². The highest BCUT2D eigenvalue weighted by Crippen LogP contribution is 2.22. The number of hydrogen-bond donors (Lipinski definition) is 4. The van der Waals surface area contributed by atoms with Crippen molar-refractivity contribution >= 4 is 64.3 Å². The van der Waals surface area contributed by atoms with Crippen LogP contribution in [-0.4, -0.2) is 71.6 Å². The Kier molecular flexibility index (Phi) is 9.87. The van der Waals surface area contributed by atoms with E-state index in [9.17, 15) is 19.2 Å². The van der Waals surface area contributed by atoms with Crippen molar-refractivity contribution in [2.45, 2.75) is 35.9 Å². The summed E-state index contributed by atoms with van der Waals surface area (Å²) < 4.78 is 0. The molecule has 5 amide bonds. The number of amides is 5. The van der Waals surface area contributed by atoms with Gasteiger partial charge in [0.15, 0.2) is 0 Å². The molecule has 0 radical (unpaired) electrons. The molecule has 5 N–H and O–H groups in total. The van der Waals surface area contributed by atoms with Crippen molar-refractivity contribution in [2.24, 2.45) is 5.73 Å². The minimum absolute atomic E-state index is 0.205. The lowest BCUT2D eigenvalue weighted by molar-refractivity contribution is -0.138. The fourth-order valence-electron chi connectivity index (χ4n) is 3.90. The Balaban J connectivity index is 1.74. The van der Waals surface area contributed by atoms with E-state index >= 15 is 0 Å². The average molecular weight is 536 g/mol. The van der Waals surface area contributed by atoms with E-state index in [1.54, 1.807) is 24.1 Å². The fourth-order valence-corrected chi connectivity index (χ4v) is 5.52. The van der Waals surface area contributed by atoms with Crippen LogP contribution in [0.15, 0.2) is 46.7 Å². The number of urea groups is 1. The highest BCUT2D eigenvalue weighted by molar-refractivity contribution is 7.99. The summed E-state index contributed by atoms with van der Waals surface area (Å²) in [5.74, 6) is -1.18. The van der Waals surface area contributed by atoms with E-state index in [2.05, 4.69) is 16.0 Å². The summed E-state index contributed by atoms with van der Waals surface area (Å²) in [6, 6.07) is 8.12. The summed E-state index contributed by atoms with van der Waals surface area (Å²) >= 11 is 4.37. The third-order valence-corrected chi connectivity index (χ3v) is 7.70. The van der Waals surface area contributed by atoms with Crippen LogP contribution in [-0.2, 0) is 20.8 Å². The summed E-state index contributed by atoms with van der Waals surface area (Å²) in [6.07, 6.45) is 4.41. The minimum atomic E-state index is -0.955. The Hall–Kier alpha value is -2.70. The molecule has 3 unspecified atom stereocenters. The Morgan fingerprint density at radius 1 is 1.20 bits per heavy atom. The molecule has 1 saturated heterocycles. The third-order valence-electron chi connectivity index (χ3n) is 5.54.